The Balaban J connectivity index is 1.42. The van der Waals surface area contributed by atoms with Crippen molar-refractivity contribution >= 4 is 5.91 Å². The molecule has 4 heteroatoms. The number of hydrogen-bond acceptors (Lipinski definition) is 3. The van der Waals surface area contributed by atoms with Crippen LogP contribution in [-0.2, 0) is 17.6 Å². The van der Waals surface area contributed by atoms with Crippen LogP contribution in [0, 0.1) is 6.92 Å². The van der Waals surface area contributed by atoms with E-state index in [9.17, 15) is 4.79 Å². The molecule has 4 nitrogen and oxygen atoms in total. The van der Waals surface area contributed by atoms with Crippen molar-refractivity contribution in [3.63, 3.8) is 0 Å². The Hall–Kier alpha value is -2.49. The minimum Gasteiger partial charge on any atom is -0.492 e. The molecule has 0 radical (unpaired) electrons. The molecule has 1 N–H and O–H groups in total. The molecule has 0 aromatic heterocycles. The number of nitrogens with one attached hydrogen (secondary N) is 1. The van der Waals surface area contributed by atoms with Gasteiger partial charge in [0.2, 0.25) is 0 Å². The van der Waals surface area contributed by atoms with Crippen molar-refractivity contribution in [1.82, 2.24) is 5.32 Å². The fourth-order valence-electron chi connectivity index (χ4n) is 3.16. The van der Waals surface area contributed by atoms with E-state index in [1.165, 1.54) is 29.5 Å². The molecule has 26 heavy (non-hydrogen) atoms. The molecular weight excluding hydrogens is 326 g/mol. The highest BCUT2D eigenvalue weighted by molar-refractivity contribution is 5.80. The maximum atomic E-state index is 12.2. The lowest BCUT2D eigenvalue weighted by molar-refractivity contribution is -0.127. The number of benzene rings is 2. The zero-order valence-corrected chi connectivity index (χ0v) is 15.6. The lowest BCUT2D eigenvalue weighted by Crippen LogP contribution is -2.38. The average Bonchev–Trinajstić information content (AvgIpc) is 2.66. The molecule has 1 atom stereocenters. The van der Waals surface area contributed by atoms with Crippen LogP contribution in [-0.4, -0.2) is 25.2 Å². The number of aryl methyl sites for hydroxylation is 3. The lowest BCUT2D eigenvalue weighted by Gasteiger charge is -2.19. The third kappa shape index (κ3) is 5.01. The predicted octanol–water partition coefficient (Wildman–Crippen LogP) is 3.84. The van der Waals surface area contributed by atoms with Crippen LogP contribution < -0.4 is 14.8 Å². The van der Waals surface area contributed by atoms with Gasteiger partial charge >= 0.3 is 0 Å². The van der Waals surface area contributed by atoms with Gasteiger partial charge in [-0.25, -0.2) is 0 Å². The second kappa shape index (κ2) is 8.75. The van der Waals surface area contributed by atoms with Gasteiger partial charge in [0.05, 0.1) is 6.54 Å². The molecule has 1 aliphatic carbocycles. The summed E-state index contributed by atoms with van der Waals surface area (Å²) in [6.45, 7) is 4.69. The molecule has 2 aromatic rings. The van der Waals surface area contributed by atoms with E-state index in [-0.39, 0.29) is 5.91 Å². The fourth-order valence-corrected chi connectivity index (χ4v) is 3.16. The van der Waals surface area contributed by atoms with Crippen LogP contribution in [0.15, 0.2) is 42.5 Å². The molecule has 3 rings (SSSR count). The van der Waals surface area contributed by atoms with Crippen molar-refractivity contribution in [3.05, 3.63) is 59.2 Å². The molecule has 0 heterocycles. The van der Waals surface area contributed by atoms with Crippen LogP contribution in [0.5, 0.6) is 11.5 Å². The number of carbonyl (C=O) groups is 1. The van der Waals surface area contributed by atoms with Gasteiger partial charge in [0.1, 0.15) is 18.1 Å². The zero-order valence-electron chi connectivity index (χ0n) is 15.6. The molecule has 0 spiro atoms. The van der Waals surface area contributed by atoms with Crippen molar-refractivity contribution in [2.24, 2.45) is 0 Å². The Morgan fingerprint density at radius 2 is 1.73 bits per heavy atom. The first-order valence-electron chi connectivity index (χ1n) is 9.37. The Morgan fingerprint density at radius 3 is 2.50 bits per heavy atom. The van der Waals surface area contributed by atoms with Gasteiger partial charge < -0.3 is 14.8 Å². The molecule has 1 aliphatic rings. The summed E-state index contributed by atoms with van der Waals surface area (Å²) in [4.78, 5) is 12.2. The molecule has 0 saturated heterocycles. The largest absolute Gasteiger partial charge is 0.492 e. The maximum Gasteiger partial charge on any atom is 0.260 e. The number of ether oxygens (including phenoxy) is 2. The van der Waals surface area contributed by atoms with Crippen molar-refractivity contribution in [3.8, 4) is 11.5 Å². The summed E-state index contributed by atoms with van der Waals surface area (Å²) in [7, 11) is 0. The highest BCUT2D eigenvalue weighted by Crippen LogP contribution is 2.25. The zero-order chi connectivity index (χ0) is 18.4. The van der Waals surface area contributed by atoms with Gasteiger partial charge in [-0.05, 0) is 74.9 Å². The highest BCUT2D eigenvalue weighted by atomic mass is 16.5. The monoisotopic (exact) mass is 353 g/mol. The van der Waals surface area contributed by atoms with E-state index in [4.69, 9.17) is 9.47 Å². The lowest BCUT2D eigenvalue weighted by atomic mass is 9.92. The quantitative estimate of drug-likeness (QED) is 0.770. The minimum atomic E-state index is -0.531. The third-order valence-corrected chi connectivity index (χ3v) is 4.69. The van der Waals surface area contributed by atoms with E-state index in [0.717, 1.165) is 24.3 Å². The summed E-state index contributed by atoms with van der Waals surface area (Å²) in [5.74, 6) is 1.45. The van der Waals surface area contributed by atoms with E-state index in [1.54, 1.807) is 6.92 Å². The highest BCUT2D eigenvalue weighted by Gasteiger charge is 2.16. The first-order chi connectivity index (χ1) is 12.6. The van der Waals surface area contributed by atoms with Gasteiger partial charge in [0.15, 0.2) is 6.10 Å². The predicted molar refractivity (Wildman–Crippen MR) is 103 cm³/mol. The topological polar surface area (TPSA) is 47.6 Å². The van der Waals surface area contributed by atoms with Gasteiger partial charge in [-0.2, -0.15) is 0 Å². The smallest absolute Gasteiger partial charge is 0.260 e. The van der Waals surface area contributed by atoms with Crippen molar-refractivity contribution in [2.75, 3.05) is 13.2 Å². The molecule has 0 aliphatic heterocycles. The number of amides is 1. The summed E-state index contributed by atoms with van der Waals surface area (Å²) < 4.78 is 11.4. The molecule has 1 amide bonds. The summed E-state index contributed by atoms with van der Waals surface area (Å²) in [5.41, 5.74) is 3.96. The molecule has 138 valence electrons. The molecule has 2 aromatic carbocycles. The van der Waals surface area contributed by atoms with Gasteiger partial charge in [-0.3, -0.25) is 4.79 Å². The molecule has 0 unspecified atom stereocenters. The van der Waals surface area contributed by atoms with Crippen LogP contribution in [0.25, 0.3) is 0 Å². The van der Waals surface area contributed by atoms with Crippen LogP contribution in [0.3, 0.4) is 0 Å². The van der Waals surface area contributed by atoms with Gasteiger partial charge in [0, 0.05) is 0 Å². The minimum absolute atomic E-state index is 0.129. The average molecular weight is 353 g/mol. The fraction of sp³-hybridized carbons (Fsp3) is 0.409. The van der Waals surface area contributed by atoms with Crippen LogP contribution >= 0.6 is 0 Å². The first kappa shape index (κ1) is 18.3. The molecule has 0 fully saturated rings. The van der Waals surface area contributed by atoms with E-state index in [1.807, 2.05) is 37.3 Å². The van der Waals surface area contributed by atoms with E-state index in [0.29, 0.717) is 13.2 Å². The number of fused-ring (bicyclic) bond motifs is 1. The van der Waals surface area contributed by atoms with Gasteiger partial charge in [-0.1, -0.05) is 23.8 Å². The Bertz CT molecular complexity index is 740. The molecule has 0 saturated carbocycles. The summed E-state index contributed by atoms with van der Waals surface area (Å²) in [5, 5.41) is 2.86. The standard InChI is InChI=1S/C22H27NO3/c1-16-7-10-20(11-8-16)25-14-13-23-22(24)17(2)26-21-12-9-18-5-3-4-6-19(18)15-21/h7-12,15,17H,3-6,13-14H2,1-2H3,(H,23,24)/t17-/m0/s1. The molecule has 0 bridgehead atoms. The van der Waals surface area contributed by atoms with Crippen molar-refractivity contribution in [2.45, 2.75) is 45.6 Å². The first-order valence-corrected chi connectivity index (χ1v) is 9.37. The summed E-state index contributed by atoms with van der Waals surface area (Å²) >= 11 is 0. The Kier molecular flexibility index (Phi) is 6.16. The SMILES string of the molecule is Cc1ccc(OCCNC(=O)[C@H](C)Oc2ccc3c(c2)CCCC3)cc1. The summed E-state index contributed by atoms with van der Waals surface area (Å²) in [6.07, 6.45) is 4.20. The number of rotatable bonds is 7. The Morgan fingerprint density at radius 1 is 1.04 bits per heavy atom. The van der Waals surface area contributed by atoms with Crippen molar-refractivity contribution in [1.29, 1.82) is 0 Å². The maximum absolute atomic E-state index is 12.2. The van der Waals surface area contributed by atoms with Gasteiger partial charge in [-0.15, -0.1) is 0 Å². The second-order valence-corrected chi connectivity index (χ2v) is 6.85. The summed E-state index contributed by atoms with van der Waals surface area (Å²) in [6, 6.07) is 14.0. The Labute approximate surface area is 155 Å². The van der Waals surface area contributed by atoms with E-state index < -0.39 is 6.10 Å². The second-order valence-electron chi connectivity index (χ2n) is 6.85. The van der Waals surface area contributed by atoms with Crippen molar-refractivity contribution < 1.29 is 14.3 Å². The number of carbonyl (C=O) groups excluding carboxylic acids is 1. The van der Waals surface area contributed by atoms with Crippen LogP contribution in [0.2, 0.25) is 0 Å². The molecular formula is C22H27NO3. The van der Waals surface area contributed by atoms with E-state index >= 15 is 0 Å². The van der Waals surface area contributed by atoms with Gasteiger partial charge in [0.25, 0.3) is 5.91 Å². The third-order valence-electron chi connectivity index (χ3n) is 4.69. The van der Waals surface area contributed by atoms with Crippen LogP contribution in [0.1, 0.15) is 36.5 Å². The van der Waals surface area contributed by atoms with Crippen LogP contribution in [0.4, 0.5) is 0 Å². The number of hydrogen-bond donors (Lipinski definition) is 1. The normalized spacial score (nSPS) is 14.2. The van der Waals surface area contributed by atoms with E-state index in [2.05, 4.69) is 17.4 Å².